The van der Waals surface area contributed by atoms with Crippen LogP contribution in [0, 0.1) is 12.7 Å². The summed E-state index contributed by atoms with van der Waals surface area (Å²) in [6, 6.07) is 12.9. The zero-order valence-electron chi connectivity index (χ0n) is 19.7. The van der Waals surface area contributed by atoms with Crippen LogP contribution in [0.3, 0.4) is 0 Å². The van der Waals surface area contributed by atoms with Gasteiger partial charge in [0.05, 0.1) is 30.2 Å². The fourth-order valence-electron chi connectivity index (χ4n) is 3.94. The molecule has 0 unspecified atom stereocenters. The molecule has 0 saturated carbocycles. The summed E-state index contributed by atoms with van der Waals surface area (Å²) in [6.07, 6.45) is 0.826. The van der Waals surface area contributed by atoms with Crippen LogP contribution in [0.25, 0.3) is 11.3 Å². The minimum absolute atomic E-state index is 0.00728. The number of phenolic OH excluding ortho intramolecular Hbond substituents is 1. The molecule has 0 atom stereocenters. The smallest absolute Gasteiger partial charge is 0.255 e. The number of nitrogens with one attached hydrogen (secondary N) is 2. The van der Waals surface area contributed by atoms with Gasteiger partial charge in [-0.05, 0) is 67.9 Å². The van der Waals surface area contributed by atoms with E-state index in [0.29, 0.717) is 29.2 Å². The van der Waals surface area contributed by atoms with E-state index in [9.17, 15) is 14.3 Å². The molecule has 1 aliphatic heterocycles. The summed E-state index contributed by atoms with van der Waals surface area (Å²) in [7, 11) is 0. The first-order valence-corrected chi connectivity index (χ1v) is 11.6. The number of nitrogen functional groups attached to an aromatic ring is 1. The van der Waals surface area contributed by atoms with Gasteiger partial charge in [0.25, 0.3) is 5.91 Å². The number of aromatic hydroxyl groups is 1. The van der Waals surface area contributed by atoms with Crippen LogP contribution in [-0.2, 0) is 4.74 Å². The summed E-state index contributed by atoms with van der Waals surface area (Å²) in [6.45, 7) is 6.56. The highest BCUT2D eigenvalue weighted by atomic mass is 19.1. The molecule has 3 aromatic rings. The van der Waals surface area contributed by atoms with Crippen LogP contribution in [0.15, 0.2) is 48.5 Å². The molecule has 1 saturated heterocycles. The zero-order valence-corrected chi connectivity index (χ0v) is 19.7. The summed E-state index contributed by atoms with van der Waals surface area (Å²) in [5.74, 6) is -0.608. The molecule has 35 heavy (non-hydrogen) atoms. The van der Waals surface area contributed by atoms with Gasteiger partial charge in [0.15, 0.2) is 0 Å². The van der Waals surface area contributed by atoms with E-state index >= 15 is 0 Å². The van der Waals surface area contributed by atoms with Crippen molar-refractivity contribution < 1.29 is 19.0 Å². The fourth-order valence-corrected chi connectivity index (χ4v) is 3.94. The fraction of sp³-hybridized carbons (Fsp3) is 0.308. The van der Waals surface area contributed by atoms with Crippen LogP contribution < -0.4 is 16.4 Å². The van der Waals surface area contributed by atoms with E-state index in [0.717, 1.165) is 44.8 Å². The van der Waals surface area contributed by atoms with Crippen LogP contribution in [0.5, 0.6) is 5.75 Å². The number of hydrogen-bond acceptors (Lipinski definition) is 7. The van der Waals surface area contributed by atoms with E-state index in [4.69, 9.17) is 10.5 Å². The second kappa shape index (κ2) is 11.2. The number of rotatable bonds is 8. The van der Waals surface area contributed by atoms with Gasteiger partial charge in [0, 0.05) is 30.9 Å². The Morgan fingerprint density at radius 1 is 1.17 bits per heavy atom. The minimum Gasteiger partial charge on any atom is -0.507 e. The van der Waals surface area contributed by atoms with Gasteiger partial charge in [-0.2, -0.15) is 0 Å². The number of carbonyl (C=O) groups excluding carboxylic acids is 1. The maximum Gasteiger partial charge on any atom is 0.255 e. The predicted octanol–water partition coefficient (Wildman–Crippen LogP) is 3.68. The number of anilines is 3. The number of aryl methyl sites for hydroxylation is 1. The van der Waals surface area contributed by atoms with Crippen LogP contribution in [0.4, 0.5) is 21.6 Å². The first kappa shape index (κ1) is 24.4. The van der Waals surface area contributed by atoms with Crippen molar-refractivity contribution >= 4 is 23.1 Å². The van der Waals surface area contributed by atoms with Crippen molar-refractivity contribution in [3.63, 3.8) is 0 Å². The van der Waals surface area contributed by atoms with Gasteiger partial charge in [-0.15, -0.1) is 0 Å². The van der Waals surface area contributed by atoms with E-state index < -0.39 is 0 Å². The predicted molar refractivity (Wildman–Crippen MR) is 134 cm³/mol. The number of hydrogen-bond donors (Lipinski definition) is 4. The number of phenols is 1. The Labute approximate surface area is 203 Å². The van der Waals surface area contributed by atoms with Crippen LogP contribution in [0.2, 0.25) is 0 Å². The maximum absolute atomic E-state index is 14.2. The number of aromatic nitrogens is 1. The van der Waals surface area contributed by atoms with Crippen molar-refractivity contribution in [3.8, 4) is 17.0 Å². The molecule has 0 bridgehead atoms. The van der Waals surface area contributed by atoms with E-state index in [1.54, 1.807) is 36.4 Å². The molecule has 8 nitrogen and oxygen atoms in total. The summed E-state index contributed by atoms with van der Waals surface area (Å²) >= 11 is 0. The molecule has 2 heterocycles. The van der Waals surface area contributed by atoms with E-state index in [2.05, 4.69) is 20.5 Å². The summed E-state index contributed by atoms with van der Waals surface area (Å²) in [5.41, 5.74) is 8.88. The highest BCUT2D eigenvalue weighted by Gasteiger charge is 2.15. The average molecular weight is 480 g/mol. The SMILES string of the molecule is Cc1ccc(Nc2ccc(O)c(-c3ccc(C(=O)NCCCN4CCOCC4)c(N)n3)c2)c(F)c1. The zero-order chi connectivity index (χ0) is 24.8. The Balaban J connectivity index is 1.41. The molecule has 184 valence electrons. The number of pyridine rings is 1. The van der Waals surface area contributed by atoms with Gasteiger partial charge in [-0.3, -0.25) is 9.69 Å². The molecular formula is C26H30FN5O3. The molecule has 5 N–H and O–H groups in total. The Bertz CT molecular complexity index is 1200. The molecule has 2 aromatic carbocycles. The third-order valence-corrected chi connectivity index (χ3v) is 5.89. The van der Waals surface area contributed by atoms with Crippen molar-refractivity contribution in [3.05, 3.63) is 65.5 Å². The number of nitrogens with zero attached hydrogens (tertiary/aromatic N) is 2. The van der Waals surface area contributed by atoms with Crippen LogP contribution in [0.1, 0.15) is 22.3 Å². The Hall–Kier alpha value is -3.69. The molecule has 4 rings (SSSR count). The molecule has 1 amide bonds. The van der Waals surface area contributed by atoms with E-state index in [1.807, 2.05) is 6.92 Å². The molecule has 1 aromatic heterocycles. The number of halogens is 1. The molecule has 0 radical (unpaired) electrons. The Kier molecular flexibility index (Phi) is 7.79. The lowest BCUT2D eigenvalue weighted by Gasteiger charge is -2.26. The van der Waals surface area contributed by atoms with Gasteiger partial charge < -0.3 is 26.2 Å². The largest absolute Gasteiger partial charge is 0.507 e. The first-order valence-electron chi connectivity index (χ1n) is 11.6. The summed E-state index contributed by atoms with van der Waals surface area (Å²) in [5, 5.41) is 16.3. The Morgan fingerprint density at radius 3 is 2.71 bits per heavy atom. The van der Waals surface area contributed by atoms with Crippen molar-refractivity contribution in [1.82, 2.24) is 15.2 Å². The van der Waals surface area contributed by atoms with Crippen molar-refractivity contribution in [2.45, 2.75) is 13.3 Å². The van der Waals surface area contributed by atoms with Gasteiger partial charge in [-0.1, -0.05) is 6.07 Å². The highest BCUT2D eigenvalue weighted by Crippen LogP contribution is 2.33. The van der Waals surface area contributed by atoms with Gasteiger partial charge in [0.1, 0.15) is 17.4 Å². The monoisotopic (exact) mass is 479 g/mol. The van der Waals surface area contributed by atoms with Gasteiger partial charge in [-0.25, -0.2) is 9.37 Å². The van der Waals surface area contributed by atoms with Gasteiger partial charge >= 0.3 is 0 Å². The molecule has 1 aliphatic rings. The number of morpholine rings is 1. The molecule has 0 spiro atoms. The third-order valence-electron chi connectivity index (χ3n) is 5.89. The normalized spacial score (nSPS) is 14.0. The van der Waals surface area contributed by atoms with Crippen molar-refractivity contribution in [2.75, 3.05) is 50.4 Å². The molecular weight excluding hydrogens is 449 g/mol. The number of carbonyl (C=O) groups is 1. The van der Waals surface area contributed by atoms with Crippen molar-refractivity contribution in [2.24, 2.45) is 0 Å². The molecule has 1 fully saturated rings. The van der Waals surface area contributed by atoms with Crippen molar-refractivity contribution in [1.29, 1.82) is 0 Å². The van der Waals surface area contributed by atoms with Crippen LogP contribution >= 0.6 is 0 Å². The van der Waals surface area contributed by atoms with E-state index in [1.165, 1.54) is 12.1 Å². The molecule has 9 heteroatoms. The minimum atomic E-state index is -0.373. The number of benzene rings is 2. The second-order valence-electron chi connectivity index (χ2n) is 8.53. The standard InChI is InChI=1S/C26H30FN5O3/c1-17-3-6-23(21(27)15-17)30-18-4-8-24(33)20(16-18)22-7-5-19(25(28)31-22)26(34)29-9-2-10-32-11-13-35-14-12-32/h3-8,15-16,30,33H,2,9-14H2,1H3,(H2,28,31)(H,29,34). The number of nitrogens with two attached hydrogens (primary N) is 1. The third kappa shape index (κ3) is 6.26. The lowest BCUT2D eigenvalue weighted by molar-refractivity contribution is 0.0374. The lowest BCUT2D eigenvalue weighted by atomic mass is 10.1. The average Bonchev–Trinajstić information content (AvgIpc) is 2.85. The number of ether oxygens (including phenoxy) is 1. The first-order chi connectivity index (χ1) is 16.9. The topological polar surface area (TPSA) is 113 Å². The lowest BCUT2D eigenvalue weighted by Crippen LogP contribution is -2.38. The van der Waals surface area contributed by atoms with Gasteiger partial charge in [0.2, 0.25) is 0 Å². The summed E-state index contributed by atoms with van der Waals surface area (Å²) < 4.78 is 19.6. The maximum atomic E-state index is 14.2. The number of amides is 1. The molecule has 0 aliphatic carbocycles. The highest BCUT2D eigenvalue weighted by molar-refractivity contribution is 5.98. The van der Waals surface area contributed by atoms with Crippen LogP contribution in [-0.4, -0.2) is 60.3 Å². The Morgan fingerprint density at radius 2 is 1.97 bits per heavy atom. The second-order valence-corrected chi connectivity index (χ2v) is 8.53. The van der Waals surface area contributed by atoms with E-state index in [-0.39, 0.29) is 28.9 Å². The summed E-state index contributed by atoms with van der Waals surface area (Å²) in [4.78, 5) is 19.2. The quantitative estimate of drug-likeness (QED) is 0.288.